The molecular weight excluding hydrogens is 242 g/mol. The molecule has 18 heavy (non-hydrogen) atoms. The first-order valence-corrected chi connectivity index (χ1v) is 7.69. The third-order valence-corrected chi connectivity index (χ3v) is 4.46. The van der Waals surface area contributed by atoms with Gasteiger partial charge in [-0.05, 0) is 30.5 Å². The van der Waals surface area contributed by atoms with E-state index in [1.807, 2.05) is 11.8 Å². The zero-order valence-corrected chi connectivity index (χ0v) is 12.1. The summed E-state index contributed by atoms with van der Waals surface area (Å²) >= 11 is 2.00. The van der Waals surface area contributed by atoms with Gasteiger partial charge < -0.3 is 10.1 Å². The van der Waals surface area contributed by atoms with Gasteiger partial charge in [0.05, 0.1) is 0 Å². The van der Waals surface area contributed by atoms with Gasteiger partial charge in [-0.1, -0.05) is 26.0 Å². The van der Waals surface area contributed by atoms with E-state index in [0.29, 0.717) is 6.04 Å². The van der Waals surface area contributed by atoms with E-state index in [9.17, 15) is 0 Å². The Kier molecular flexibility index (Phi) is 5.54. The average molecular weight is 265 g/mol. The lowest BCUT2D eigenvalue weighted by Gasteiger charge is -2.21. The van der Waals surface area contributed by atoms with Crippen molar-refractivity contribution in [3.8, 4) is 0 Å². The standard InChI is InChI=1S/C15H23NOS/c1-12(2)16-11-13-3-5-14(6-4-13)18-15-7-9-17-10-8-15/h3-6,12,15-16H,7-11H2,1-2H3. The highest BCUT2D eigenvalue weighted by atomic mass is 32.2. The van der Waals surface area contributed by atoms with Gasteiger partial charge in [-0.2, -0.15) is 0 Å². The zero-order valence-electron chi connectivity index (χ0n) is 11.3. The molecule has 1 heterocycles. The van der Waals surface area contributed by atoms with Gasteiger partial charge in [0.1, 0.15) is 0 Å². The molecule has 3 heteroatoms. The molecule has 1 aromatic rings. The van der Waals surface area contributed by atoms with Gasteiger partial charge >= 0.3 is 0 Å². The van der Waals surface area contributed by atoms with Gasteiger partial charge in [0.25, 0.3) is 0 Å². The number of hydrogen-bond acceptors (Lipinski definition) is 3. The molecule has 1 N–H and O–H groups in total. The summed E-state index contributed by atoms with van der Waals surface area (Å²) in [7, 11) is 0. The topological polar surface area (TPSA) is 21.3 Å². The number of thioether (sulfide) groups is 1. The molecule has 0 spiro atoms. The summed E-state index contributed by atoms with van der Waals surface area (Å²) < 4.78 is 5.39. The van der Waals surface area contributed by atoms with Crippen molar-refractivity contribution in [2.75, 3.05) is 13.2 Å². The van der Waals surface area contributed by atoms with Crippen LogP contribution >= 0.6 is 11.8 Å². The van der Waals surface area contributed by atoms with Crippen molar-refractivity contribution >= 4 is 11.8 Å². The zero-order chi connectivity index (χ0) is 12.8. The first kappa shape index (κ1) is 13.9. The van der Waals surface area contributed by atoms with Crippen LogP contribution in [0.5, 0.6) is 0 Å². The predicted molar refractivity (Wildman–Crippen MR) is 78.1 cm³/mol. The maximum Gasteiger partial charge on any atom is 0.0476 e. The highest BCUT2D eigenvalue weighted by molar-refractivity contribution is 8.00. The first-order chi connectivity index (χ1) is 8.74. The second kappa shape index (κ2) is 7.17. The number of nitrogens with one attached hydrogen (secondary N) is 1. The molecule has 0 radical (unpaired) electrons. The molecule has 0 atom stereocenters. The first-order valence-electron chi connectivity index (χ1n) is 6.81. The fourth-order valence-electron chi connectivity index (χ4n) is 1.99. The number of benzene rings is 1. The second-order valence-electron chi connectivity index (χ2n) is 5.11. The lowest BCUT2D eigenvalue weighted by molar-refractivity contribution is 0.100. The van der Waals surface area contributed by atoms with E-state index in [1.165, 1.54) is 23.3 Å². The molecule has 0 aliphatic carbocycles. The van der Waals surface area contributed by atoms with Crippen molar-refractivity contribution in [2.24, 2.45) is 0 Å². The summed E-state index contributed by atoms with van der Waals surface area (Å²) in [4.78, 5) is 1.38. The Hall–Kier alpha value is -0.510. The summed E-state index contributed by atoms with van der Waals surface area (Å²) in [6.45, 7) is 7.16. The van der Waals surface area contributed by atoms with Gasteiger partial charge in [-0.25, -0.2) is 0 Å². The van der Waals surface area contributed by atoms with Crippen molar-refractivity contribution in [3.05, 3.63) is 29.8 Å². The molecule has 0 amide bonds. The SMILES string of the molecule is CC(C)NCc1ccc(SC2CCOCC2)cc1. The van der Waals surface area contributed by atoms with Gasteiger partial charge in [0.15, 0.2) is 0 Å². The third kappa shape index (κ3) is 4.63. The summed E-state index contributed by atoms with van der Waals surface area (Å²) in [5, 5.41) is 4.17. The molecule has 0 unspecified atom stereocenters. The van der Waals surface area contributed by atoms with Crippen LogP contribution in [0.3, 0.4) is 0 Å². The van der Waals surface area contributed by atoms with E-state index in [1.54, 1.807) is 0 Å². The van der Waals surface area contributed by atoms with Gasteiger partial charge in [-0.3, -0.25) is 0 Å². The summed E-state index contributed by atoms with van der Waals surface area (Å²) in [5.41, 5.74) is 1.36. The third-order valence-electron chi connectivity index (χ3n) is 3.11. The van der Waals surface area contributed by atoms with Gasteiger partial charge in [-0.15, -0.1) is 11.8 Å². The fourth-order valence-corrected chi connectivity index (χ4v) is 3.10. The predicted octanol–water partition coefficient (Wildman–Crippen LogP) is 3.46. The van der Waals surface area contributed by atoms with Crippen LogP contribution in [0.4, 0.5) is 0 Å². The van der Waals surface area contributed by atoms with E-state index < -0.39 is 0 Å². The molecule has 1 saturated heterocycles. The van der Waals surface area contributed by atoms with E-state index >= 15 is 0 Å². The molecule has 1 aliphatic rings. The van der Waals surface area contributed by atoms with Crippen LogP contribution in [0.1, 0.15) is 32.3 Å². The van der Waals surface area contributed by atoms with Crippen molar-refractivity contribution < 1.29 is 4.74 Å². The van der Waals surface area contributed by atoms with E-state index in [4.69, 9.17) is 4.74 Å². The van der Waals surface area contributed by atoms with E-state index in [-0.39, 0.29) is 0 Å². The monoisotopic (exact) mass is 265 g/mol. The largest absolute Gasteiger partial charge is 0.381 e. The molecular formula is C15H23NOS. The van der Waals surface area contributed by atoms with E-state index in [0.717, 1.165) is 25.0 Å². The minimum Gasteiger partial charge on any atom is -0.381 e. The van der Waals surface area contributed by atoms with Crippen LogP contribution in [0.15, 0.2) is 29.2 Å². The Labute approximate surface area is 114 Å². The maximum atomic E-state index is 5.39. The van der Waals surface area contributed by atoms with Crippen molar-refractivity contribution in [1.29, 1.82) is 0 Å². The van der Waals surface area contributed by atoms with Crippen LogP contribution in [-0.2, 0) is 11.3 Å². The van der Waals surface area contributed by atoms with Crippen LogP contribution in [0.2, 0.25) is 0 Å². The highest BCUT2D eigenvalue weighted by Gasteiger charge is 2.14. The molecule has 1 aliphatic heterocycles. The molecule has 1 fully saturated rings. The van der Waals surface area contributed by atoms with Crippen molar-refractivity contribution in [3.63, 3.8) is 0 Å². The Morgan fingerprint density at radius 3 is 2.50 bits per heavy atom. The molecule has 0 aromatic heterocycles. The van der Waals surface area contributed by atoms with Gasteiger partial charge in [0.2, 0.25) is 0 Å². The van der Waals surface area contributed by atoms with E-state index in [2.05, 4.69) is 43.4 Å². The van der Waals surface area contributed by atoms with Crippen LogP contribution < -0.4 is 5.32 Å². The Balaban J connectivity index is 1.83. The Morgan fingerprint density at radius 1 is 1.22 bits per heavy atom. The molecule has 1 aromatic carbocycles. The number of rotatable bonds is 5. The molecule has 0 bridgehead atoms. The number of hydrogen-bond donors (Lipinski definition) is 1. The lowest BCUT2D eigenvalue weighted by atomic mass is 10.2. The number of ether oxygens (including phenoxy) is 1. The van der Waals surface area contributed by atoms with Crippen molar-refractivity contribution in [2.45, 2.75) is 49.4 Å². The highest BCUT2D eigenvalue weighted by Crippen LogP contribution is 2.29. The average Bonchev–Trinajstić information content (AvgIpc) is 2.39. The molecule has 2 rings (SSSR count). The molecule has 0 saturated carbocycles. The Morgan fingerprint density at radius 2 is 1.89 bits per heavy atom. The Bertz CT molecular complexity index is 344. The normalized spacial score (nSPS) is 17.3. The quantitative estimate of drug-likeness (QED) is 0.881. The summed E-state index contributed by atoms with van der Waals surface area (Å²) in [5.74, 6) is 0. The summed E-state index contributed by atoms with van der Waals surface area (Å²) in [6.07, 6.45) is 2.36. The van der Waals surface area contributed by atoms with Crippen LogP contribution in [-0.4, -0.2) is 24.5 Å². The minimum atomic E-state index is 0.543. The smallest absolute Gasteiger partial charge is 0.0476 e. The molecule has 100 valence electrons. The lowest BCUT2D eigenvalue weighted by Crippen LogP contribution is -2.21. The van der Waals surface area contributed by atoms with Crippen molar-refractivity contribution in [1.82, 2.24) is 5.32 Å². The maximum absolute atomic E-state index is 5.39. The second-order valence-corrected chi connectivity index (χ2v) is 6.48. The summed E-state index contributed by atoms with van der Waals surface area (Å²) in [6, 6.07) is 9.50. The molecule has 2 nitrogen and oxygen atoms in total. The van der Waals surface area contributed by atoms with Crippen LogP contribution in [0.25, 0.3) is 0 Å². The van der Waals surface area contributed by atoms with Crippen LogP contribution in [0, 0.1) is 0 Å². The van der Waals surface area contributed by atoms with Gasteiger partial charge in [0, 0.05) is 35.9 Å². The minimum absolute atomic E-state index is 0.543. The fraction of sp³-hybridized carbons (Fsp3) is 0.600.